The lowest BCUT2D eigenvalue weighted by Gasteiger charge is -2.37. The van der Waals surface area contributed by atoms with Crippen molar-refractivity contribution in [1.29, 1.82) is 0 Å². The van der Waals surface area contributed by atoms with E-state index in [1.165, 1.54) is 0 Å². The van der Waals surface area contributed by atoms with Crippen LogP contribution in [0.5, 0.6) is 5.75 Å². The molecule has 10 nitrogen and oxygen atoms in total. The Morgan fingerprint density at radius 1 is 1.08 bits per heavy atom. The molecule has 0 saturated carbocycles. The fourth-order valence-electron chi connectivity index (χ4n) is 5.61. The summed E-state index contributed by atoms with van der Waals surface area (Å²) in [4.78, 5) is 57.4. The van der Waals surface area contributed by atoms with E-state index in [-0.39, 0.29) is 54.6 Å². The van der Waals surface area contributed by atoms with Crippen molar-refractivity contribution < 1.29 is 28.7 Å². The van der Waals surface area contributed by atoms with Crippen LogP contribution in [0.15, 0.2) is 24.3 Å². The van der Waals surface area contributed by atoms with E-state index in [1.54, 1.807) is 34.1 Å². The van der Waals surface area contributed by atoms with Crippen LogP contribution in [-0.4, -0.2) is 90.0 Å². The second kappa shape index (κ2) is 12.1. The molecule has 4 amide bonds. The smallest absolute Gasteiger partial charge is 0.255 e. The zero-order valence-corrected chi connectivity index (χ0v) is 22.8. The predicted molar refractivity (Wildman–Crippen MR) is 141 cm³/mol. The van der Waals surface area contributed by atoms with Gasteiger partial charge in [0.1, 0.15) is 24.4 Å². The topological polar surface area (TPSA) is 117 Å². The Morgan fingerprint density at radius 3 is 2.50 bits per heavy atom. The number of fused-ring (bicyclic) bond motifs is 2. The van der Waals surface area contributed by atoms with E-state index in [4.69, 9.17) is 9.47 Å². The second-order valence-corrected chi connectivity index (χ2v) is 11.1. The summed E-state index contributed by atoms with van der Waals surface area (Å²) in [5.74, 6) is -0.880. The summed E-state index contributed by atoms with van der Waals surface area (Å²) in [6, 6.07) is 4.87. The number of morpholine rings is 1. The molecule has 3 aliphatic heterocycles. The molecule has 0 aliphatic carbocycles. The molecule has 0 unspecified atom stereocenters. The third-order valence-electron chi connectivity index (χ3n) is 7.29. The minimum Gasteiger partial charge on any atom is -0.491 e. The Hall–Kier alpha value is -3.14. The molecule has 2 saturated heterocycles. The highest BCUT2D eigenvalue weighted by atomic mass is 16.5. The van der Waals surface area contributed by atoms with Gasteiger partial charge in [-0.1, -0.05) is 26.0 Å². The molecule has 3 heterocycles. The average Bonchev–Trinajstić information content (AvgIpc) is 3.33. The first-order valence-corrected chi connectivity index (χ1v) is 13.7. The first-order valence-electron chi connectivity index (χ1n) is 13.7. The number of hydrogen-bond acceptors (Lipinski definition) is 6. The molecule has 0 aromatic heterocycles. The Labute approximate surface area is 224 Å². The van der Waals surface area contributed by atoms with Crippen LogP contribution in [0.3, 0.4) is 0 Å². The highest BCUT2D eigenvalue weighted by molar-refractivity contribution is 6.01. The molecule has 38 heavy (non-hydrogen) atoms. The van der Waals surface area contributed by atoms with Gasteiger partial charge in [-0.3, -0.25) is 19.2 Å². The number of hydrogen-bond donors (Lipinski definition) is 2. The van der Waals surface area contributed by atoms with Crippen molar-refractivity contribution in [2.75, 3.05) is 26.2 Å². The van der Waals surface area contributed by atoms with Crippen molar-refractivity contribution in [3.8, 4) is 5.75 Å². The molecule has 1 aromatic rings. The normalized spacial score (nSPS) is 29.1. The number of ether oxygens (including phenoxy) is 2. The van der Waals surface area contributed by atoms with E-state index in [0.717, 1.165) is 12.8 Å². The van der Waals surface area contributed by atoms with Crippen LogP contribution in [0.4, 0.5) is 0 Å². The summed E-state index contributed by atoms with van der Waals surface area (Å²) in [6.45, 7) is 9.33. The lowest BCUT2D eigenvalue weighted by atomic mass is 10.0. The average molecular weight is 529 g/mol. The molecule has 0 bridgehead atoms. The van der Waals surface area contributed by atoms with Gasteiger partial charge in [0.05, 0.1) is 30.2 Å². The van der Waals surface area contributed by atoms with Gasteiger partial charge in [-0.25, -0.2) is 0 Å². The summed E-state index contributed by atoms with van der Waals surface area (Å²) in [6.07, 6.45) is 1.50. The summed E-state index contributed by atoms with van der Waals surface area (Å²) < 4.78 is 11.8. The van der Waals surface area contributed by atoms with Crippen molar-refractivity contribution in [3.05, 3.63) is 29.8 Å². The van der Waals surface area contributed by atoms with Gasteiger partial charge >= 0.3 is 0 Å². The first-order chi connectivity index (χ1) is 18.1. The first kappa shape index (κ1) is 27.9. The Kier molecular flexibility index (Phi) is 8.91. The van der Waals surface area contributed by atoms with Gasteiger partial charge in [0.25, 0.3) is 5.91 Å². The molecule has 2 N–H and O–H groups in total. The van der Waals surface area contributed by atoms with Crippen LogP contribution in [0.25, 0.3) is 0 Å². The largest absolute Gasteiger partial charge is 0.491 e. The minimum atomic E-state index is -1.11. The van der Waals surface area contributed by atoms with E-state index in [0.29, 0.717) is 31.8 Å². The quantitative estimate of drug-likeness (QED) is 0.617. The zero-order chi connectivity index (χ0) is 27.4. The lowest BCUT2D eigenvalue weighted by Crippen LogP contribution is -2.57. The molecule has 5 atom stereocenters. The van der Waals surface area contributed by atoms with Crippen molar-refractivity contribution in [1.82, 2.24) is 20.4 Å². The number of rotatable bonds is 3. The SMILES string of the molecule is CC(C)C[C@@H]1NC(=O)C[C@@H](C(=O)N2C[C@@H](C)O[C@@H](C)C2)NC(=O)c2ccccc2OC[C@H]2CCCN2C1=O. The third kappa shape index (κ3) is 6.64. The Balaban J connectivity index is 1.66. The van der Waals surface area contributed by atoms with Crippen LogP contribution >= 0.6 is 0 Å². The van der Waals surface area contributed by atoms with Crippen molar-refractivity contribution in [2.45, 2.75) is 83.7 Å². The fraction of sp³-hybridized carbons (Fsp3) is 0.643. The molecule has 0 radical (unpaired) electrons. The lowest BCUT2D eigenvalue weighted by molar-refractivity contribution is -0.146. The van der Waals surface area contributed by atoms with Gasteiger partial charge in [0, 0.05) is 19.6 Å². The van der Waals surface area contributed by atoms with Gasteiger partial charge in [0.15, 0.2) is 0 Å². The van der Waals surface area contributed by atoms with Crippen molar-refractivity contribution >= 4 is 23.6 Å². The molecular formula is C28H40N4O6. The van der Waals surface area contributed by atoms with Crippen molar-refractivity contribution in [3.63, 3.8) is 0 Å². The van der Waals surface area contributed by atoms with Crippen LogP contribution in [0.1, 0.15) is 63.7 Å². The second-order valence-electron chi connectivity index (χ2n) is 11.1. The summed E-state index contributed by atoms with van der Waals surface area (Å²) in [7, 11) is 0. The Bertz CT molecular complexity index is 1040. The van der Waals surface area contributed by atoms with E-state index in [2.05, 4.69) is 10.6 Å². The summed E-state index contributed by atoms with van der Waals surface area (Å²) in [5.41, 5.74) is 0.278. The summed E-state index contributed by atoms with van der Waals surface area (Å²) in [5, 5.41) is 5.68. The van der Waals surface area contributed by atoms with Crippen LogP contribution in [0, 0.1) is 5.92 Å². The van der Waals surface area contributed by atoms with Gasteiger partial charge in [0.2, 0.25) is 17.7 Å². The maximum absolute atomic E-state index is 13.6. The maximum Gasteiger partial charge on any atom is 0.255 e. The number of para-hydroxylation sites is 1. The standard InChI is InChI=1S/C28H40N4O6/c1-17(2)12-22-28(36)32-11-7-8-20(32)16-37-24-10-6-5-9-21(24)26(34)30-23(13-25(33)29-22)27(35)31-14-18(3)38-19(4)15-31/h5-6,9-10,17-20,22-23H,7-8,11-16H2,1-4H3,(H,29,33)(H,30,34)/t18-,19+,20-,22+,23+/m1/s1. The van der Waals surface area contributed by atoms with Gasteiger partial charge in [-0.05, 0) is 51.2 Å². The number of amides is 4. The highest BCUT2D eigenvalue weighted by Gasteiger charge is 2.37. The number of nitrogens with one attached hydrogen (secondary N) is 2. The van der Waals surface area contributed by atoms with E-state index in [1.807, 2.05) is 27.7 Å². The number of carbonyl (C=O) groups excluding carboxylic acids is 4. The van der Waals surface area contributed by atoms with Crippen LogP contribution in [0.2, 0.25) is 0 Å². The minimum absolute atomic E-state index is 0.133. The van der Waals surface area contributed by atoms with E-state index >= 15 is 0 Å². The molecule has 3 aliphatic rings. The van der Waals surface area contributed by atoms with Crippen LogP contribution in [-0.2, 0) is 19.1 Å². The predicted octanol–water partition coefficient (Wildman–Crippen LogP) is 1.73. The summed E-state index contributed by atoms with van der Waals surface area (Å²) >= 11 is 0. The fourth-order valence-corrected chi connectivity index (χ4v) is 5.61. The molecule has 10 heteroatoms. The molecule has 1 aromatic carbocycles. The Morgan fingerprint density at radius 2 is 1.79 bits per heavy atom. The molecule has 208 valence electrons. The zero-order valence-electron chi connectivity index (χ0n) is 22.8. The molecular weight excluding hydrogens is 488 g/mol. The van der Waals surface area contributed by atoms with Gasteiger partial charge in [-0.2, -0.15) is 0 Å². The van der Waals surface area contributed by atoms with Gasteiger partial charge < -0.3 is 29.9 Å². The van der Waals surface area contributed by atoms with E-state index < -0.39 is 23.9 Å². The third-order valence-corrected chi connectivity index (χ3v) is 7.29. The molecule has 0 spiro atoms. The number of nitrogens with zero attached hydrogens (tertiary/aromatic N) is 2. The number of carbonyl (C=O) groups is 4. The van der Waals surface area contributed by atoms with E-state index in [9.17, 15) is 19.2 Å². The van der Waals surface area contributed by atoms with Gasteiger partial charge in [-0.15, -0.1) is 0 Å². The molecule has 2 fully saturated rings. The maximum atomic E-state index is 13.6. The molecule has 4 rings (SSSR count). The number of benzene rings is 1. The highest BCUT2D eigenvalue weighted by Crippen LogP contribution is 2.24. The van der Waals surface area contributed by atoms with Crippen molar-refractivity contribution in [2.24, 2.45) is 5.92 Å². The monoisotopic (exact) mass is 528 g/mol. The van der Waals surface area contributed by atoms with Crippen LogP contribution < -0.4 is 15.4 Å².